The summed E-state index contributed by atoms with van der Waals surface area (Å²) in [6.07, 6.45) is 6.51. The summed E-state index contributed by atoms with van der Waals surface area (Å²) in [6.45, 7) is 5.30. The Bertz CT molecular complexity index is 551. The van der Waals surface area contributed by atoms with Crippen molar-refractivity contribution in [2.45, 2.75) is 26.8 Å². The molecule has 2 aromatic heterocycles. The molecule has 0 aromatic carbocycles. The third-order valence-electron chi connectivity index (χ3n) is 2.94. The van der Waals surface area contributed by atoms with E-state index in [1.807, 2.05) is 10.9 Å². The molecule has 2 heterocycles. The lowest BCUT2D eigenvalue weighted by Crippen LogP contribution is -2.01. The predicted octanol–water partition coefficient (Wildman–Crippen LogP) is 3.65. The molecule has 0 saturated carbocycles. The number of pyridine rings is 1. The van der Waals surface area contributed by atoms with Crippen molar-refractivity contribution < 1.29 is 4.74 Å². The van der Waals surface area contributed by atoms with Gasteiger partial charge >= 0.3 is 0 Å². The number of aryl methyl sites for hydroxylation is 1. The molecule has 0 atom stereocenters. The highest BCUT2D eigenvalue weighted by Gasteiger charge is 2.13. The van der Waals surface area contributed by atoms with E-state index in [0.29, 0.717) is 16.8 Å². The van der Waals surface area contributed by atoms with Crippen molar-refractivity contribution >= 4 is 11.6 Å². The minimum absolute atomic E-state index is 0.433. The minimum atomic E-state index is 0.433. The first kappa shape index (κ1) is 13.9. The van der Waals surface area contributed by atoms with Crippen molar-refractivity contribution in [2.24, 2.45) is 5.92 Å². The summed E-state index contributed by atoms with van der Waals surface area (Å²) in [5, 5.41) is 4.79. The SMILES string of the molecule is COc1ccnc(Cl)c1-c1cnn(CCC(C)C)c1. The van der Waals surface area contributed by atoms with E-state index >= 15 is 0 Å². The second kappa shape index (κ2) is 6.06. The van der Waals surface area contributed by atoms with E-state index in [0.717, 1.165) is 24.1 Å². The first-order chi connectivity index (χ1) is 9.11. The number of hydrogen-bond acceptors (Lipinski definition) is 3. The molecule has 0 saturated heterocycles. The highest BCUT2D eigenvalue weighted by atomic mass is 35.5. The molecule has 5 heteroatoms. The van der Waals surface area contributed by atoms with Crippen LogP contribution < -0.4 is 4.74 Å². The Hall–Kier alpha value is -1.55. The highest BCUT2D eigenvalue weighted by Crippen LogP contribution is 2.34. The van der Waals surface area contributed by atoms with Gasteiger partial charge in [-0.05, 0) is 18.4 Å². The van der Waals surface area contributed by atoms with E-state index in [9.17, 15) is 0 Å². The summed E-state index contributed by atoms with van der Waals surface area (Å²) >= 11 is 6.15. The van der Waals surface area contributed by atoms with Gasteiger partial charge in [0.2, 0.25) is 0 Å². The Morgan fingerprint density at radius 3 is 2.89 bits per heavy atom. The van der Waals surface area contributed by atoms with Crippen molar-refractivity contribution in [1.82, 2.24) is 14.8 Å². The molecule has 0 radical (unpaired) electrons. The second-order valence-electron chi connectivity index (χ2n) is 4.85. The molecule has 0 spiro atoms. The molecule has 0 unspecified atom stereocenters. The second-order valence-corrected chi connectivity index (χ2v) is 5.21. The summed E-state index contributed by atoms with van der Waals surface area (Å²) in [6, 6.07) is 1.80. The molecule has 2 aromatic rings. The summed E-state index contributed by atoms with van der Waals surface area (Å²) in [5.74, 6) is 1.37. The first-order valence-electron chi connectivity index (χ1n) is 6.33. The van der Waals surface area contributed by atoms with E-state index < -0.39 is 0 Å². The molecule has 0 aliphatic carbocycles. The van der Waals surface area contributed by atoms with Gasteiger partial charge in [-0.3, -0.25) is 4.68 Å². The predicted molar refractivity (Wildman–Crippen MR) is 76.5 cm³/mol. The standard InChI is InChI=1S/C14H18ClN3O/c1-10(2)5-7-18-9-11(8-17-18)13-12(19-3)4-6-16-14(13)15/h4,6,8-10H,5,7H2,1-3H3. The van der Waals surface area contributed by atoms with Crippen LogP contribution in [0.4, 0.5) is 0 Å². The Kier molecular flexibility index (Phi) is 4.43. The van der Waals surface area contributed by atoms with E-state index in [2.05, 4.69) is 23.9 Å². The lowest BCUT2D eigenvalue weighted by atomic mass is 10.1. The monoisotopic (exact) mass is 279 g/mol. The van der Waals surface area contributed by atoms with Crippen molar-refractivity contribution in [3.63, 3.8) is 0 Å². The van der Waals surface area contributed by atoms with E-state index in [1.165, 1.54) is 0 Å². The Labute approximate surface area is 118 Å². The van der Waals surface area contributed by atoms with E-state index in [-0.39, 0.29) is 0 Å². The smallest absolute Gasteiger partial charge is 0.140 e. The number of ether oxygens (including phenoxy) is 1. The maximum Gasteiger partial charge on any atom is 0.140 e. The summed E-state index contributed by atoms with van der Waals surface area (Å²) < 4.78 is 7.26. The van der Waals surface area contributed by atoms with E-state index in [4.69, 9.17) is 16.3 Å². The summed E-state index contributed by atoms with van der Waals surface area (Å²) in [7, 11) is 1.62. The van der Waals surface area contributed by atoms with Crippen LogP contribution in [0.1, 0.15) is 20.3 Å². The van der Waals surface area contributed by atoms with Gasteiger partial charge in [0.25, 0.3) is 0 Å². The Morgan fingerprint density at radius 2 is 2.21 bits per heavy atom. The van der Waals surface area contributed by atoms with Crippen LogP contribution in [0.25, 0.3) is 11.1 Å². The van der Waals surface area contributed by atoms with Gasteiger partial charge in [-0.2, -0.15) is 5.10 Å². The van der Waals surface area contributed by atoms with Gasteiger partial charge in [0.1, 0.15) is 10.9 Å². The molecule has 0 bridgehead atoms. The van der Waals surface area contributed by atoms with Crippen LogP contribution >= 0.6 is 11.6 Å². The molecule has 0 aliphatic heterocycles. The zero-order valence-electron chi connectivity index (χ0n) is 11.4. The van der Waals surface area contributed by atoms with Crippen LogP contribution in [0.2, 0.25) is 5.15 Å². The molecular weight excluding hydrogens is 262 g/mol. The molecule has 0 aliphatic rings. The van der Waals surface area contributed by atoms with Crippen molar-refractivity contribution in [3.05, 3.63) is 29.8 Å². The fraction of sp³-hybridized carbons (Fsp3) is 0.429. The van der Waals surface area contributed by atoms with Gasteiger partial charge < -0.3 is 4.74 Å². The summed E-state index contributed by atoms with van der Waals surface area (Å²) in [5.41, 5.74) is 1.72. The number of nitrogens with zero attached hydrogens (tertiary/aromatic N) is 3. The average molecular weight is 280 g/mol. The van der Waals surface area contributed by atoms with Crippen LogP contribution in [0.3, 0.4) is 0 Å². The number of rotatable bonds is 5. The summed E-state index contributed by atoms with van der Waals surface area (Å²) in [4.78, 5) is 4.10. The van der Waals surface area contributed by atoms with E-state index in [1.54, 1.807) is 25.6 Å². The third kappa shape index (κ3) is 3.26. The zero-order valence-corrected chi connectivity index (χ0v) is 12.2. The largest absolute Gasteiger partial charge is 0.496 e. The maximum absolute atomic E-state index is 6.15. The molecule has 2 rings (SSSR count). The van der Waals surface area contributed by atoms with Gasteiger partial charge in [0.05, 0.1) is 18.9 Å². The van der Waals surface area contributed by atoms with Crippen molar-refractivity contribution in [2.75, 3.05) is 7.11 Å². The lowest BCUT2D eigenvalue weighted by Gasteiger charge is -2.07. The van der Waals surface area contributed by atoms with Crippen LogP contribution in [0.15, 0.2) is 24.7 Å². The van der Waals surface area contributed by atoms with Crippen LogP contribution in [-0.2, 0) is 6.54 Å². The highest BCUT2D eigenvalue weighted by molar-refractivity contribution is 6.32. The fourth-order valence-corrected chi connectivity index (χ4v) is 2.12. The van der Waals surface area contributed by atoms with Crippen molar-refractivity contribution in [3.8, 4) is 16.9 Å². The average Bonchev–Trinajstić information content (AvgIpc) is 2.84. The van der Waals surface area contributed by atoms with Crippen LogP contribution in [0.5, 0.6) is 5.75 Å². The van der Waals surface area contributed by atoms with Gasteiger partial charge in [0.15, 0.2) is 0 Å². The molecule has 4 nitrogen and oxygen atoms in total. The normalized spacial score (nSPS) is 11.0. The van der Waals surface area contributed by atoms with Crippen LogP contribution in [-0.4, -0.2) is 21.9 Å². The molecule has 102 valence electrons. The Balaban J connectivity index is 2.28. The topological polar surface area (TPSA) is 39.9 Å². The third-order valence-corrected chi connectivity index (χ3v) is 3.23. The minimum Gasteiger partial charge on any atom is -0.496 e. The van der Waals surface area contributed by atoms with Gasteiger partial charge in [-0.1, -0.05) is 25.4 Å². The zero-order chi connectivity index (χ0) is 13.8. The van der Waals surface area contributed by atoms with Crippen LogP contribution in [0, 0.1) is 5.92 Å². The molecule has 19 heavy (non-hydrogen) atoms. The molecule has 0 amide bonds. The first-order valence-corrected chi connectivity index (χ1v) is 6.71. The Morgan fingerprint density at radius 1 is 1.42 bits per heavy atom. The van der Waals surface area contributed by atoms with Gasteiger partial charge in [-0.25, -0.2) is 4.98 Å². The quantitative estimate of drug-likeness (QED) is 0.784. The molecular formula is C14H18ClN3O. The molecule has 0 N–H and O–H groups in total. The van der Waals surface area contributed by atoms with Gasteiger partial charge in [-0.15, -0.1) is 0 Å². The maximum atomic E-state index is 6.15. The number of hydrogen-bond donors (Lipinski definition) is 0. The fourth-order valence-electron chi connectivity index (χ4n) is 1.86. The number of methoxy groups -OCH3 is 1. The number of halogens is 1. The lowest BCUT2D eigenvalue weighted by molar-refractivity contribution is 0.416. The van der Waals surface area contributed by atoms with Gasteiger partial charge in [0, 0.05) is 24.5 Å². The molecule has 0 fully saturated rings. The van der Waals surface area contributed by atoms with Crippen molar-refractivity contribution in [1.29, 1.82) is 0 Å². The number of aromatic nitrogens is 3.